The van der Waals surface area contributed by atoms with Gasteiger partial charge in [0.1, 0.15) is 18.3 Å². The van der Waals surface area contributed by atoms with Crippen molar-refractivity contribution in [1.29, 1.82) is 0 Å². The molecule has 10 heteroatoms. The number of H-pyrrole nitrogens is 1. The molecule has 2 heterocycles. The number of para-hydroxylation sites is 3. The van der Waals surface area contributed by atoms with Gasteiger partial charge in [0.05, 0.1) is 17.1 Å². The highest BCUT2D eigenvalue weighted by Gasteiger charge is 2.25. The molecule has 37 heavy (non-hydrogen) atoms. The van der Waals surface area contributed by atoms with Crippen molar-refractivity contribution in [2.24, 2.45) is 0 Å². The smallest absolute Gasteiger partial charge is 0.264 e. The van der Waals surface area contributed by atoms with Gasteiger partial charge in [-0.1, -0.05) is 30.3 Å². The summed E-state index contributed by atoms with van der Waals surface area (Å²) in [4.78, 5) is 29.0. The second-order valence-electron chi connectivity index (χ2n) is 8.45. The van der Waals surface area contributed by atoms with E-state index in [4.69, 9.17) is 9.47 Å². The van der Waals surface area contributed by atoms with E-state index in [0.29, 0.717) is 22.7 Å². The molecule has 1 atom stereocenters. The van der Waals surface area contributed by atoms with E-state index in [1.165, 1.54) is 28.7 Å². The third-order valence-electron chi connectivity index (χ3n) is 6.07. The minimum atomic E-state index is -3.95. The Kier molecular flexibility index (Phi) is 6.58. The number of hydrogen-bond acceptors (Lipinski definition) is 6. The van der Waals surface area contributed by atoms with Crippen LogP contribution in [0.25, 0.3) is 10.9 Å². The van der Waals surface area contributed by atoms with Gasteiger partial charge in [0.15, 0.2) is 11.5 Å². The van der Waals surface area contributed by atoms with E-state index >= 15 is 0 Å². The number of pyridine rings is 1. The number of amides is 1. The van der Waals surface area contributed by atoms with E-state index in [1.54, 1.807) is 49.4 Å². The van der Waals surface area contributed by atoms with E-state index in [-0.39, 0.29) is 35.5 Å². The molecule has 0 aliphatic carbocycles. The molecule has 1 aliphatic heterocycles. The number of carbonyl (C=O) groups is 1. The summed E-state index contributed by atoms with van der Waals surface area (Å²) in [6, 6.07) is 20.2. The molecule has 4 aromatic rings. The van der Waals surface area contributed by atoms with Gasteiger partial charge in [0.25, 0.3) is 15.9 Å². The lowest BCUT2D eigenvalue weighted by Gasteiger charge is -2.26. The third kappa shape index (κ3) is 4.75. The zero-order valence-corrected chi connectivity index (χ0v) is 20.8. The van der Waals surface area contributed by atoms with Gasteiger partial charge in [-0.05, 0) is 49.4 Å². The highest BCUT2D eigenvalue weighted by atomic mass is 32.2. The fourth-order valence-corrected chi connectivity index (χ4v) is 5.71. The molecule has 2 N–H and O–H groups in total. The van der Waals surface area contributed by atoms with E-state index in [2.05, 4.69) is 10.3 Å². The number of fused-ring (bicyclic) bond motifs is 2. The van der Waals surface area contributed by atoms with Crippen LogP contribution in [0.15, 0.2) is 88.7 Å². The summed E-state index contributed by atoms with van der Waals surface area (Å²) in [6.07, 6.45) is 0.900. The van der Waals surface area contributed by atoms with Crippen molar-refractivity contribution in [2.45, 2.75) is 17.9 Å². The van der Waals surface area contributed by atoms with Gasteiger partial charge >= 0.3 is 0 Å². The van der Waals surface area contributed by atoms with Crippen molar-refractivity contribution in [2.75, 3.05) is 24.0 Å². The Morgan fingerprint density at radius 3 is 2.54 bits per heavy atom. The molecule has 0 fully saturated rings. The SMILES string of the molecule is CCN(c1ccccc1)S(=O)(=O)c1ccc2[nH]cc(C(=O)NCC3COc4ccccc4O3)c(=O)c2c1. The molecule has 0 bridgehead atoms. The predicted octanol–water partition coefficient (Wildman–Crippen LogP) is 3.31. The number of sulfonamides is 1. The molecule has 0 spiro atoms. The van der Waals surface area contributed by atoms with E-state index < -0.39 is 27.5 Å². The Morgan fingerprint density at radius 2 is 1.78 bits per heavy atom. The van der Waals surface area contributed by atoms with Crippen LogP contribution in [0.2, 0.25) is 0 Å². The molecule has 0 saturated heterocycles. The number of nitrogens with one attached hydrogen (secondary N) is 2. The largest absolute Gasteiger partial charge is 0.486 e. The Bertz CT molecular complexity index is 1620. The molecule has 5 rings (SSSR count). The van der Waals surface area contributed by atoms with Crippen LogP contribution in [-0.2, 0) is 10.0 Å². The Labute approximate surface area is 213 Å². The lowest BCUT2D eigenvalue weighted by Crippen LogP contribution is -2.41. The number of ether oxygens (including phenoxy) is 2. The summed E-state index contributed by atoms with van der Waals surface area (Å²) >= 11 is 0. The first-order chi connectivity index (χ1) is 17.9. The molecule has 1 aliphatic rings. The second-order valence-corrected chi connectivity index (χ2v) is 10.3. The number of aromatic nitrogens is 1. The molecule has 9 nitrogen and oxygen atoms in total. The summed E-state index contributed by atoms with van der Waals surface area (Å²) in [6.45, 7) is 2.32. The quantitative estimate of drug-likeness (QED) is 0.387. The maximum Gasteiger partial charge on any atom is 0.264 e. The van der Waals surface area contributed by atoms with Crippen molar-refractivity contribution in [3.05, 3.63) is 94.8 Å². The van der Waals surface area contributed by atoms with Gasteiger partial charge in [-0.2, -0.15) is 0 Å². The topological polar surface area (TPSA) is 118 Å². The van der Waals surface area contributed by atoms with Crippen molar-refractivity contribution < 1.29 is 22.7 Å². The van der Waals surface area contributed by atoms with E-state index in [0.717, 1.165) is 0 Å². The highest BCUT2D eigenvalue weighted by molar-refractivity contribution is 7.92. The molecular formula is C27H25N3O6S. The molecule has 1 amide bonds. The van der Waals surface area contributed by atoms with Gasteiger partial charge in [0, 0.05) is 23.6 Å². The lowest BCUT2D eigenvalue weighted by molar-refractivity contribution is 0.0788. The van der Waals surface area contributed by atoms with Gasteiger partial charge in [-0.15, -0.1) is 0 Å². The standard InChI is InChI=1S/C27H25N3O6S/c1-2-30(18-8-4-3-5-9-18)37(33,34)20-12-13-23-21(14-20)26(31)22(16-28-23)27(32)29-15-19-17-35-24-10-6-7-11-25(24)36-19/h3-14,16,19H,2,15,17H2,1H3,(H,28,31)(H,29,32). The number of aromatic amines is 1. The van der Waals surface area contributed by atoms with E-state index in [9.17, 15) is 18.0 Å². The maximum atomic E-state index is 13.4. The molecule has 190 valence electrons. The first-order valence-corrected chi connectivity index (χ1v) is 13.2. The summed E-state index contributed by atoms with van der Waals surface area (Å²) in [5.41, 5.74) is 0.236. The van der Waals surface area contributed by atoms with Crippen molar-refractivity contribution in [3.63, 3.8) is 0 Å². The summed E-state index contributed by atoms with van der Waals surface area (Å²) in [5.74, 6) is 0.621. The summed E-state index contributed by atoms with van der Waals surface area (Å²) in [7, 11) is -3.95. The molecular weight excluding hydrogens is 494 g/mol. The molecule has 0 saturated carbocycles. The Balaban J connectivity index is 1.38. The fourth-order valence-electron chi connectivity index (χ4n) is 4.20. The average molecular weight is 520 g/mol. The Hall–Kier alpha value is -4.31. The van der Waals surface area contributed by atoms with Crippen LogP contribution >= 0.6 is 0 Å². The minimum Gasteiger partial charge on any atom is -0.486 e. The zero-order valence-electron chi connectivity index (χ0n) is 20.0. The lowest BCUT2D eigenvalue weighted by atomic mass is 10.1. The van der Waals surface area contributed by atoms with Crippen molar-refractivity contribution in [1.82, 2.24) is 10.3 Å². The van der Waals surface area contributed by atoms with Crippen LogP contribution in [0.1, 0.15) is 17.3 Å². The Morgan fingerprint density at radius 1 is 1.05 bits per heavy atom. The predicted molar refractivity (Wildman–Crippen MR) is 140 cm³/mol. The van der Waals surface area contributed by atoms with Crippen LogP contribution in [0.4, 0.5) is 5.69 Å². The van der Waals surface area contributed by atoms with Crippen LogP contribution in [-0.4, -0.2) is 45.1 Å². The number of hydrogen-bond donors (Lipinski definition) is 2. The van der Waals surface area contributed by atoms with E-state index in [1.807, 2.05) is 12.1 Å². The van der Waals surface area contributed by atoms with Gasteiger partial charge in [-0.25, -0.2) is 8.42 Å². The number of carbonyl (C=O) groups excluding carboxylic acids is 1. The van der Waals surface area contributed by atoms with Crippen LogP contribution < -0.4 is 24.5 Å². The highest BCUT2D eigenvalue weighted by Crippen LogP contribution is 2.30. The molecule has 1 aromatic heterocycles. The first kappa shape index (κ1) is 24.4. The number of rotatable bonds is 7. The van der Waals surface area contributed by atoms with Crippen LogP contribution in [0.5, 0.6) is 11.5 Å². The number of nitrogens with zero attached hydrogens (tertiary/aromatic N) is 1. The molecule has 1 unspecified atom stereocenters. The monoisotopic (exact) mass is 519 g/mol. The second kappa shape index (κ2) is 9.98. The third-order valence-corrected chi connectivity index (χ3v) is 7.97. The van der Waals surface area contributed by atoms with Crippen LogP contribution in [0.3, 0.4) is 0 Å². The van der Waals surface area contributed by atoms with Gasteiger partial charge < -0.3 is 19.8 Å². The fraction of sp³-hybridized carbons (Fsp3) is 0.185. The van der Waals surface area contributed by atoms with Gasteiger partial charge in [0.2, 0.25) is 5.43 Å². The van der Waals surface area contributed by atoms with Gasteiger partial charge in [-0.3, -0.25) is 13.9 Å². The normalized spacial score (nSPS) is 14.8. The maximum absolute atomic E-state index is 13.4. The summed E-state index contributed by atoms with van der Waals surface area (Å²) < 4.78 is 39.6. The number of anilines is 1. The molecule has 3 aromatic carbocycles. The van der Waals surface area contributed by atoms with Crippen molar-refractivity contribution in [3.8, 4) is 11.5 Å². The number of benzene rings is 3. The molecule has 0 radical (unpaired) electrons. The first-order valence-electron chi connectivity index (χ1n) is 11.8. The average Bonchev–Trinajstić information content (AvgIpc) is 2.92. The van der Waals surface area contributed by atoms with Crippen molar-refractivity contribution >= 4 is 32.5 Å². The van der Waals surface area contributed by atoms with Crippen LogP contribution in [0, 0.1) is 0 Å². The zero-order chi connectivity index (χ0) is 26.0. The minimum absolute atomic E-state index is 0.0415. The summed E-state index contributed by atoms with van der Waals surface area (Å²) in [5, 5.41) is 2.81.